The van der Waals surface area contributed by atoms with Crippen molar-refractivity contribution in [2.24, 2.45) is 0 Å². The van der Waals surface area contributed by atoms with Crippen molar-refractivity contribution >= 4 is 0 Å². The minimum Gasteiger partial charge on any atom is -0.390 e. The number of fused-ring (bicyclic) bond motifs is 1. The van der Waals surface area contributed by atoms with Gasteiger partial charge < -0.3 is 10.0 Å². The molecule has 0 amide bonds. The van der Waals surface area contributed by atoms with E-state index in [1.165, 1.54) is 5.56 Å². The zero-order chi connectivity index (χ0) is 9.26. The van der Waals surface area contributed by atoms with Crippen LogP contribution in [-0.4, -0.2) is 28.6 Å². The molecule has 0 atom stereocenters. The first kappa shape index (κ1) is 8.66. The molecule has 0 unspecified atom stereocenters. The van der Waals surface area contributed by atoms with Crippen LogP contribution in [0.25, 0.3) is 0 Å². The molecule has 70 valence electrons. The van der Waals surface area contributed by atoms with Crippen LogP contribution in [0.5, 0.6) is 0 Å². The number of hydrogen-bond acceptors (Lipinski definition) is 3. The lowest BCUT2D eigenvalue weighted by Gasteiger charge is -2.24. The molecule has 1 aromatic heterocycles. The van der Waals surface area contributed by atoms with Crippen molar-refractivity contribution in [2.75, 3.05) is 13.6 Å². The van der Waals surface area contributed by atoms with E-state index in [4.69, 9.17) is 5.11 Å². The zero-order valence-corrected chi connectivity index (χ0v) is 7.82. The van der Waals surface area contributed by atoms with Crippen molar-refractivity contribution < 1.29 is 5.11 Å². The van der Waals surface area contributed by atoms with Crippen LogP contribution < -0.4 is 0 Å². The van der Waals surface area contributed by atoms with Crippen LogP contribution in [0.3, 0.4) is 0 Å². The molecule has 3 nitrogen and oxygen atoms in total. The molecular formula is C10H14N2O. The predicted molar refractivity (Wildman–Crippen MR) is 50.2 cm³/mol. The molecule has 13 heavy (non-hydrogen) atoms. The molecule has 0 bridgehead atoms. The first-order valence-electron chi connectivity index (χ1n) is 4.56. The minimum absolute atomic E-state index is 0.0448. The van der Waals surface area contributed by atoms with E-state index in [0.717, 1.165) is 30.9 Å². The van der Waals surface area contributed by atoms with Gasteiger partial charge in [-0.05, 0) is 18.7 Å². The van der Waals surface area contributed by atoms with Crippen LogP contribution in [-0.2, 0) is 19.6 Å². The quantitative estimate of drug-likeness (QED) is 0.682. The molecule has 0 fully saturated rings. The summed E-state index contributed by atoms with van der Waals surface area (Å²) in [5, 5.41) is 8.92. The Balaban J connectivity index is 2.31. The van der Waals surface area contributed by atoms with E-state index < -0.39 is 0 Å². The van der Waals surface area contributed by atoms with Gasteiger partial charge in [-0.15, -0.1) is 0 Å². The lowest BCUT2D eigenvalue weighted by atomic mass is 10.1. The fraction of sp³-hybridized carbons (Fsp3) is 0.500. The monoisotopic (exact) mass is 178 g/mol. The summed E-state index contributed by atoms with van der Waals surface area (Å²) >= 11 is 0. The second-order valence-electron chi connectivity index (χ2n) is 3.55. The smallest absolute Gasteiger partial charge is 0.0853 e. The SMILES string of the molecule is CN1CCc2nc(CO)ccc2C1. The summed E-state index contributed by atoms with van der Waals surface area (Å²) in [6.45, 7) is 2.09. The van der Waals surface area contributed by atoms with Gasteiger partial charge in [0.15, 0.2) is 0 Å². The maximum atomic E-state index is 8.92. The van der Waals surface area contributed by atoms with Crippen molar-refractivity contribution in [3.8, 4) is 0 Å². The van der Waals surface area contributed by atoms with E-state index in [0.29, 0.717) is 0 Å². The van der Waals surface area contributed by atoms with E-state index in [1.54, 1.807) is 0 Å². The molecule has 0 aromatic carbocycles. The van der Waals surface area contributed by atoms with E-state index in [9.17, 15) is 0 Å². The summed E-state index contributed by atoms with van der Waals surface area (Å²) in [5.74, 6) is 0. The fourth-order valence-corrected chi connectivity index (χ4v) is 1.69. The lowest BCUT2D eigenvalue weighted by Crippen LogP contribution is -2.27. The van der Waals surface area contributed by atoms with Crippen molar-refractivity contribution in [3.63, 3.8) is 0 Å². The molecule has 2 rings (SSSR count). The van der Waals surface area contributed by atoms with Crippen LogP contribution in [0.15, 0.2) is 12.1 Å². The van der Waals surface area contributed by atoms with Crippen molar-refractivity contribution in [2.45, 2.75) is 19.6 Å². The third-order valence-electron chi connectivity index (χ3n) is 2.46. The third kappa shape index (κ3) is 1.71. The Labute approximate surface area is 78.0 Å². The highest BCUT2D eigenvalue weighted by molar-refractivity contribution is 5.25. The van der Waals surface area contributed by atoms with Gasteiger partial charge in [-0.3, -0.25) is 4.98 Å². The molecule has 0 spiro atoms. The Morgan fingerprint density at radius 3 is 3.15 bits per heavy atom. The minimum atomic E-state index is 0.0448. The molecule has 1 N–H and O–H groups in total. The summed E-state index contributed by atoms with van der Waals surface area (Å²) in [7, 11) is 2.11. The molecule has 0 saturated heterocycles. The average molecular weight is 178 g/mol. The Bertz CT molecular complexity index is 312. The summed E-state index contributed by atoms with van der Waals surface area (Å²) in [6.07, 6.45) is 1.000. The molecular weight excluding hydrogens is 164 g/mol. The number of pyridine rings is 1. The molecule has 1 aliphatic rings. The Morgan fingerprint density at radius 2 is 2.38 bits per heavy atom. The zero-order valence-electron chi connectivity index (χ0n) is 7.82. The lowest BCUT2D eigenvalue weighted by molar-refractivity contribution is 0.274. The standard InChI is InChI=1S/C10H14N2O/c1-12-5-4-10-8(6-12)2-3-9(7-13)11-10/h2-3,13H,4-7H2,1H3. The molecule has 2 heterocycles. The Hall–Kier alpha value is -0.930. The van der Waals surface area contributed by atoms with Gasteiger partial charge in [-0.2, -0.15) is 0 Å². The first-order valence-corrected chi connectivity index (χ1v) is 4.56. The third-order valence-corrected chi connectivity index (χ3v) is 2.46. The summed E-state index contributed by atoms with van der Waals surface area (Å²) in [6, 6.07) is 3.97. The highest BCUT2D eigenvalue weighted by Gasteiger charge is 2.13. The van der Waals surface area contributed by atoms with E-state index in [2.05, 4.69) is 23.0 Å². The topological polar surface area (TPSA) is 36.4 Å². The number of rotatable bonds is 1. The molecule has 1 aliphatic heterocycles. The van der Waals surface area contributed by atoms with Gasteiger partial charge in [0, 0.05) is 25.2 Å². The number of hydrogen-bond donors (Lipinski definition) is 1. The highest BCUT2D eigenvalue weighted by Crippen LogP contribution is 2.16. The van der Waals surface area contributed by atoms with Crippen LogP contribution in [0, 0.1) is 0 Å². The Morgan fingerprint density at radius 1 is 1.54 bits per heavy atom. The van der Waals surface area contributed by atoms with Crippen molar-refractivity contribution in [1.82, 2.24) is 9.88 Å². The second-order valence-corrected chi connectivity index (χ2v) is 3.55. The molecule has 1 aromatic rings. The second kappa shape index (κ2) is 3.44. The highest BCUT2D eigenvalue weighted by atomic mass is 16.3. The first-order chi connectivity index (χ1) is 6.29. The normalized spacial score (nSPS) is 17.1. The van der Waals surface area contributed by atoms with Crippen molar-refractivity contribution in [1.29, 1.82) is 0 Å². The van der Waals surface area contributed by atoms with Gasteiger partial charge in [0.25, 0.3) is 0 Å². The maximum Gasteiger partial charge on any atom is 0.0853 e. The largest absolute Gasteiger partial charge is 0.390 e. The van der Waals surface area contributed by atoms with Gasteiger partial charge in [0.05, 0.1) is 12.3 Å². The van der Waals surface area contributed by atoms with Gasteiger partial charge in [0.1, 0.15) is 0 Å². The van der Waals surface area contributed by atoms with Crippen molar-refractivity contribution in [3.05, 3.63) is 29.1 Å². The Kier molecular flexibility index (Phi) is 2.29. The van der Waals surface area contributed by atoms with Crippen LogP contribution in [0.4, 0.5) is 0 Å². The maximum absolute atomic E-state index is 8.92. The summed E-state index contributed by atoms with van der Waals surface area (Å²) in [5.41, 5.74) is 3.24. The average Bonchev–Trinajstić information content (AvgIpc) is 2.17. The number of aliphatic hydroxyl groups is 1. The van der Waals surface area contributed by atoms with Crippen LogP contribution in [0.2, 0.25) is 0 Å². The number of likely N-dealkylation sites (N-methyl/N-ethyl adjacent to an activating group) is 1. The number of aromatic nitrogens is 1. The predicted octanol–water partition coefficient (Wildman–Crippen LogP) is 0.562. The number of nitrogens with zero attached hydrogens (tertiary/aromatic N) is 2. The molecule has 3 heteroatoms. The van der Waals surface area contributed by atoms with Gasteiger partial charge in [-0.1, -0.05) is 6.07 Å². The van der Waals surface area contributed by atoms with Gasteiger partial charge in [0.2, 0.25) is 0 Å². The summed E-state index contributed by atoms with van der Waals surface area (Å²) < 4.78 is 0. The van der Waals surface area contributed by atoms with Crippen LogP contribution in [0.1, 0.15) is 17.0 Å². The molecule has 0 saturated carbocycles. The van der Waals surface area contributed by atoms with E-state index >= 15 is 0 Å². The van der Waals surface area contributed by atoms with Gasteiger partial charge in [-0.25, -0.2) is 0 Å². The van der Waals surface area contributed by atoms with Crippen LogP contribution >= 0.6 is 0 Å². The fourth-order valence-electron chi connectivity index (χ4n) is 1.69. The number of aliphatic hydroxyl groups excluding tert-OH is 1. The van der Waals surface area contributed by atoms with E-state index in [-0.39, 0.29) is 6.61 Å². The van der Waals surface area contributed by atoms with Gasteiger partial charge >= 0.3 is 0 Å². The molecule has 0 radical (unpaired) electrons. The molecule has 0 aliphatic carbocycles. The van der Waals surface area contributed by atoms with E-state index in [1.807, 2.05) is 6.07 Å². The summed E-state index contributed by atoms with van der Waals surface area (Å²) in [4.78, 5) is 6.67.